The number of rotatable bonds is 9. The fourth-order valence-electron chi connectivity index (χ4n) is 4.58. The number of aryl methyl sites for hydroxylation is 2. The molecule has 2 aromatic rings. The van der Waals surface area contributed by atoms with Gasteiger partial charge in [0.05, 0.1) is 0 Å². The molecule has 6 heteroatoms. The van der Waals surface area contributed by atoms with Crippen molar-refractivity contribution in [2.24, 2.45) is 5.92 Å². The fourth-order valence-corrected chi connectivity index (χ4v) is 4.58. The number of nitrogens with zero attached hydrogens (tertiary/aromatic N) is 2. The Morgan fingerprint density at radius 3 is 2.18 bits per heavy atom. The number of benzene rings is 2. The molecule has 3 amide bonds. The Morgan fingerprint density at radius 2 is 1.59 bits per heavy atom. The van der Waals surface area contributed by atoms with Gasteiger partial charge in [-0.05, 0) is 63.6 Å². The first kappa shape index (κ1) is 25.5. The molecule has 2 aromatic carbocycles. The van der Waals surface area contributed by atoms with Crippen molar-refractivity contribution in [3.8, 4) is 0 Å². The van der Waals surface area contributed by atoms with Crippen LogP contribution in [0.1, 0.15) is 54.6 Å². The van der Waals surface area contributed by atoms with Crippen molar-refractivity contribution in [3.05, 3.63) is 71.3 Å². The first-order valence-electron chi connectivity index (χ1n) is 12.4. The van der Waals surface area contributed by atoms with Crippen molar-refractivity contribution < 1.29 is 14.4 Å². The summed E-state index contributed by atoms with van der Waals surface area (Å²) < 4.78 is 0. The molecule has 0 bridgehead atoms. The first-order valence-corrected chi connectivity index (χ1v) is 12.4. The van der Waals surface area contributed by atoms with Gasteiger partial charge in [-0.1, -0.05) is 48.0 Å². The maximum Gasteiger partial charge on any atom is 0.251 e. The molecule has 0 aliphatic carbocycles. The van der Waals surface area contributed by atoms with E-state index in [1.54, 1.807) is 17.0 Å². The molecule has 1 fully saturated rings. The summed E-state index contributed by atoms with van der Waals surface area (Å²) in [6.45, 7) is 8.30. The van der Waals surface area contributed by atoms with Gasteiger partial charge in [0.15, 0.2) is 0 Å². The second kappa shape index (κ2) is 12.4. The average Bonchev–Trinajstić information content (AvgIpc) is 2.87. The van der Waals surface area contributed by atoms with Crippen molar-refractivity contribution in [2.75, 3.05) is 26.2 Å². The summed E-state index contributed by atoms with van der Waals surface area (Å²) in [6, 6.07) is 16.8. The van der Waals surface area contributed by atoms with E-state index < -0.39 is 6.04 Å². The van der Waals surface area contributed by atoms with Crippen molar-refractivity contribution >= 4 is 17.7 Å². The monoisotopic (exact) mass is 463 g/mol. The standard InChI is InChI=1S/C28H37N3O3/c1-4-30(5-2)28(34)26(29-27(33)24-14-11-21(3)12-15-24)23-17-19-31(20-18-23)25(32)16-13-22-9-7-6-8-10-22/h6-12,14-15,23,26H,4-5,13,16-20H2,1-3H3,(H,29,33). The van der Waals surface area contributed by atoms with Gasteiger partial charge >= 0.3 is 0 Å². The third-order valence-electron chi connectivity index (χ3n) is 6.78. The van der Waals surface area contributed by atoms with Crippen LogP contribution in [0.3, 0.4) is 0 Å². The second-order valence-electron chi connectivity index (χ2n) is 9.03. The topological polar surface area (TPSA) is 69.7 Å². The van der Waals surface area contributed by atoms with Crippen LogP contribution in [-0.2, 0) is 16.0 Å². The lowest BCUT2D eigenvalue weighted by molar-refractivity contribution is -0.136. The normalized spacial score (nSPS) is 15.0. The summed E-state index contributed by atoms with van der Waals surface area (Å²) in [7, 11) is 0. The molecule has 182 valence electrons. The van der Waals surface area contributed by atoms with Crippen LogP contribution in [-0.4, -0.2) is 59.7 Å². The van der Waals surface area contributed by atoms with Crippen molar-refractivity contribution in [1.82, 2.24) is 15.1 Å². The number of likely N-dealkylation sites (tertiary alicyclic amines) is 1. The molecular formula is C28H37N3O3. The SMILES string of the molecule is CCN(CC)C(=O)C(NC(=O)c1ccc(C)cc1)C1CCN(C(=O)CCc2ccccc2)CC1. The van der Waals surface area contributed by atoms with Gasteiger partial charge in [0.2, 0.25) is 11.8 Å². The van der Waals surface area contributed by atoms with Crippen LogP contribution >= 0.6 is 0 Å². The van der Waals surface area contributed by atoms with E-state index in [0.717, 1.165) is 17.5 Å². The summed E-state index contributed by atoms with van der Waals surface area (Å²) in [4.78, 5) is 42.7. The van der Waals surface area contributed by atoms with E-state index in [1.807, 2.05) is 68.1 Å². The summed E-state index contributed by atoms with van der Waals surface area (Å²) in [5.41, 5.74) is 2.79. The number of nitrogens with one attached hydrogen (secondary N) is 1. The Balaban J connectivity index is 1.63. The first-order chi connectivity index (χ1) is 16.4. The highest BCUT2D eigenvalue weighted by atomic mass is 16.2. The van der Waals surface area contributed by atoms with E-state index in [2.05, 4.69) is 5.32 Å². The van der Waals surface area contributed by atoms with Crippen LogP contribution in [0.2, 0.25) is 0 Å². The van der Waals surface area contributed by atoms with Crippen LogP contribution in [0.5, 0.6) is 0 Å². The van der Waals surface area contributed by atoms with Crippen molar-refractivity contribution in [2.45, 2.75) is 52.5 Å². The van der Waals surface area contributed by atoms with Gasteiger partial charge in [0.1, 0.15) is 6.04 Å². The van der Waals surface area contributed by atoms with Crippen LogP contribution in [0.15, 0.2) is 54.6 Å². The Bertz CT molecular complexity index is 947. The number of carbonyl (C=O) groups excluding carboxylic acids is 3. The molecule has 0 radical (unpaired) electrons. The molecule has 1 saturated heterocycles. The minimum Gasteiger partial charge on any atom is -0.343 e. The van der Waals surface area contributed by atoms with Crippen molar-refractivity contribution in [3.63, 3.8) is 0 Å². The molecular weight excluding hydrogens is 426 g/mol. The third kappa shape index (κ3) is 6.69. The minimum atomic E-state index is -0.588. The smallest absolute Gasteiger partial charge is 0.251 e. The lowest BCUT2D eigenvalue weighted by atomic mass is 9.88. The number of hydrogen-bond acceptors (Lipinski definition) is 3. The molecule has 1 aliphatic heterocycles. The highest BCUT2D eigenvalue weighted by Crippen LogP contribution is 2.23. The van der Waals surface area contributed by atoms with Gasteiger partial charge in [0.25, 0.3) is 5.91 Å². The molecule has 1 N–H and O–H groups in total. The zero-order valence-electron chi connectivity index (χ0n) is 20.6. The molecule has 3 rings (SSSR count). The van der Waals surface area contributed by atoms with Gasteiger partial charge in [-0.3, -0.25) is 14.4 Å². The van der Waals surface area contributed by atoms with Crippen molar-refractivity contribution in [1.29, 1.82) is 0 Å². The molecule has 6 nitrogen and oxygen atoms in total. The van der Waals surface area contributed by atoms with Crippen LogP contribution in [0, 0.1) is 12.8 Å². The number of likely N-dealkylation sites (N-methyl/N-ethyl adjacent to an activating group) is 1. The van der Waals surface area contributed by atoms with E-state index in [1.165, 1.54) is 0 Å². The Morgan fingerprint density at radius 1 is 0.971 bits per heavy atom. The quantitative estimate of drug-likeness (QED) is 0.614. The van der Waals surface area contributed by atoms with Crippen LogP contribution in [0.25, 0.3) is 0 Å². The van der Waals surface area contributed by atoms with E-state index in [0.29, 0.717) is 51.0 Å². The second-order valence-corrected chi connectivity index (χ2v) is 9.03. The number of amides is 3. The van der Waals surface area contributed by atoms with Gasteiger partial charge < -0.3 is 15.1 Å². The van der Waals surface area contributed by atoms with Gasteiger partial charge in [-0.2, -0.15) is 0 Å². The summed E-state index contributed by atoms with van der Waals surface area (Å²) in [6.07, 6.45) is 2.61. The summed E-state index contributed by atoms with van der Waals surface area (Å²) in [5, 5.41) is 3.03. The number of carbonyl (C=O) groups is 3. The molecule has 1 atom stereocenters. The predicted molar refractivity (Wildman–Crippen MR) is 134 cm³/mol. The lowest BCUT2D eigenvalue weighted by Crippen LogP contribution is -2.54. The summed E-state index contributed by atoms with van der Waals surface area (Å²) >= 11 is 0. The Hall–Kier alpha value is -3.15. The molecule has 0 spiro atoms. The third-order valence-corrected chi connectivity index (χ3v) is 6.78. The molecule has 1 unspecified atom stereocenters. The van der Waals surface area contributed by atoms with E-state index >= 15 is 0 Å². The highest BCUT2D eigenvalue weighted by Gasteiger charge is 2.35. The zero-order valence-corrected chi connectivity index (χ0v) is 20.6. The highest BCUT2D eigenvalue weighted by molar-refractivity contribution is 5.97. The fraction of sp³-hybridized carbons (Fsp3) is 0.464. The van der Waals surface area contributed by atoms with Gasteiger partial charge in [0, 0.05) is 38.2 Å². The average molecular weight is 464 g/mol. The van der Waals surface area contributed by atoms with Gasteiger partial charge in [-0.25, -0.2) is 0 Å². The molecule has 0 aromatic heterocycles. The largest absolute Gasteiger partial charge is 0.343 e. The Labute approximate surface area is 203 Å². The molecule has 34 heavy (non-hydrogen) atoms. The zero-order chi connectivity index (χ0) is 24.5. The number of piperidine rings is 1. The summed E-state index contributed by atoms with van der Waals surface area (Å²) in [5.74, 6) is -0.121. The Kier molecular flexibility index (Phi) is 9.25. The van der Waals surface area contributed by atoms with E-state index in [-0.39, 0.29) is 23.6 Å². The van der Waals surface area contributed by atoms with E-state index in [9.17, 15) is 14.4 Å². The van der Waals surface area contributed by atoms with Crippen LogP contribution < -0.4 is 5.32 Å². The molecule has 1 aliphatic rings. The van der Waals surface area contributed by atoms with E-state index in [4.69, 9.17) is 0 Å². The molecule has 0 saturated carbocycles. The maximum atomic E-state index is 13.3. The maximum absolute atomic E-state index is 13.3. The number of hydrogen-bond donors (Lipinski definition) is 1. The minimum absolute atomic E-state index is 0.000622. The van der Waals surface area contributed by atoms with Gasteiger partial charge in [-0.15, -0.1) is 0 Å². The predicted octanol–water partition coefficient (Wildman–Crippen LogP) is 3.83. The lowest BCUT2D eigenvalue weighted by Gasteiger charge is -2.37. The molecule has 1 heterocycles. The van der Waals surface area contributed by atoms with Crippen LogP contribution in [0.4, 0.5) is 0 Å².